The van der Waals surface area contributed by atoms with Gasteiger partial charge >= 0.3 is 0 Å². The van der Waals surface area contributed by atoms with Crippen molar-refractivity contribution in [3.63, 3.8) is 0 Å². The van der Waals surface area contributed by atoms with Gasteiger partial charge in [0.25, 0.3) is 0 Å². The van der Waals surface area contributed by atoms with E-state index in [4.69, 9.17) is 10.5 Å². The predicted octanol–water partition coefficient (Wildman–Crippen LogP) is 2.80. The lowest BCUT2D eigenvalue weighted by Crippen LogP contribution is -2.41. The van der Waals surface area contributed by atoms with E-state index in [0.717, 1.165) is 19.3 Å². The van der Waals surface area contributed by atoms with E-state index in [1.165, 1.54) is 6.42 Å². The molecule has 118 valence electrons. The molecule has 2 atom stereocenters. The minimum absolute atomic E-state index is 0.0263. The van der Waals surface area contributed by atoms with Crippen LogP contribution >= 0.6 is 0 Å². The van der Waals surface area contributed by atoms with Gasteiger partial charge in [0.15, 0.2) is 0 Å². The van der Waals surface area contributed by atoms with E-state index in [9.17, 15) is 5.11 Å². The summed E-state index contributed by atoms with van der Waals surface area (Å²) in [5.41, 5.74) is 5.74. The van der Waals surface area contributed by atoms with E-state index >= 15 is 0 Å². The van der Waals surface area contributed by atoms with Crippen LogP contribution in [0, 0.1) is 5.92 Å². The van der Waals surface area contributed by atoms with Crippen LogP contribution in [0.15, 0.2) is 12.1 Å². The number of aliphatic hydroxyl groups is 1. The summed E-state index contributed by atoms with van der Waals surface area (Å²) in [6.07, 6.45) is 3.99. The fraction of sp³-hybridized carbons (Fsp3) is 0.688. The van der Waals surface area contributed by atoms with Crippen molar-refractivity contribution in [1.29, 1.82) is 0 Å². The number of hydrogen-bond acceptors (Lipinski definition) is 5. The van der Waals surface area contributed by atoms with E-state index in [1.807, 2.05) is 19.9 Å². The summed E-state index contributed by atoms with van der Waals surface area (Å²) in [5, 5.41) is 13.8. The molecule has 0 saturated heterocycles. The van der Waals surface area contributed by atoms with Crippen molar-refractivity contribution in [3.05, 3.63) is 12.1 Å². The molecule has 4 N–H and O–H groups in total. The Kier molecular flexibility index (Phi) is 4.93. The highest BCUT2D eigenvalue weighted by atomic mass is 16.5. The third kappa shape index (κ3) is 4.49. The average Bonchev–Trinajstić information content (AvgIpc) is 2.39. The van der Waals surface area contributed by atoms with Crippen molar-refractivity contribution < 1.29 is 9.84 Å². The molecule has 1 saturated carbocycles. The molecule has 2 unspecified atom stereocenters. The maximum atomic E-state index is 10.6. The standard InChI is InChI=1S/C16H27N3O2/c1-11(2)21-15-13(17)6-7-14(19-15)18-10-16(20)8-4-5-12(3)9-16/h6-7,11-12,20H,4-5,8-10,17H2,1-3H3,(H,18,19). The molecule has 5 nitrogen and oxygen atoms in total. The maximum absolute atomic E-state index is 10.6. The highest BCUT2D eigenvalue weighted by Crippen LogP contribution is 2.32. The van der Waals surface area contributed by atoms with E-state index in [1.54, 1.807) is 6.07 Å². The normalized spacial score (nSPS) is 25.9. The minimum atomic E-state index is -0.639. The second kappa shape index (κ2) is 6.52. The molecular formula is C16H27N3O2. The largest absolute Gasteiger partial charge is 0.473 e. The summed E-state index contributed by atoms with van der Waals surface area (Å²) in [6, 6.07) is 3.60. The molecule has 1 aliphatic rings. The third-order valence-electron chi connectivity index (χ3n) is 3.90. The number of nitrogens with one attached hydrogen (secondary N) is 1. The molecule has 0 amide bonds. The summed E-state index contributed by atoms with van der Waals surface area (Å²) in [5.74, 6) is 1.70. The van der Waals surface area contributed by atoms with Gasteiger partial charge in [0.2, 0.25) is 5.88 Å². The number of hydrogen-bond donors (Lipinski definition) is 3. The molecule has 21 heavy (non-hydrogen) atoms. The zero-order valence-electron chi connectivity index (χ0n) is 13.2. The summed E-state index contributed by atoms with van der Waals surface area (Å²) < 4.78 is 5.58. The Bertz CT molecular complexity index is 479. The van der Waals surface area contributed by atoms with Gasteiger partial charge in [-0.25, -0.2) is 0 Å². The molecule has 0 radical (unpaired) electrons. The van der Waals surface area contributed by atoms with E-state index in [0.29, 0.717) is 29.8 Å². The molecule has 1 aromatic rings. The summed E-state index contributed by atoms with van der Waals surface area (Å²) in [7, 11) is 0. The number of anilines is 2. The van der Waals surface area contributed by atoms with Crippen LogP contribution in [0.5, 0.6) is 5.88 Å². The van der Waals surface area contributed by atoms with Gasteiger partial charge < -0.3 is 20.9 Å². The molecule has 0 aliphatic heterocycles. The molecular weight excluding hydrogens is 266 g/mol. The first-order chi connectivity index (χ1) is 9.88. The number of nitrogens with two attached hydrogens (primary N) is 1. The van der Waals surface area contributed by atoms with Crippen LogP contribution in [0.1, 0.15) is 46.5 Å². The maximum Gasteiger partial charge on any atom is 0.239 e. The third-order valence-corrected chi connectivity index (χ3v) is 3.90. The molecule has 1 fully saturated rings. The van der Waals surface area contributed by atoms with Crippen LogP contribution in [-0.4, -0.2) is 28.3 Å². The number of pyridine rings is 1. The quantitative estimate of drug-likeness (QED) is 0.778. The van der Waals surface area contributed by atoms with E-state index in [-0.39, 0.29) is 6.10 Å². The Morgan fingerprint density at radius 1 is 1.52 bits per heavy atom. The number of aromatic nitrogens is 1. The Balaban J connectivity index is 1.99. The van der Waals surface area contributed by atoms with Gasteiger partial charge in [-0.3, -0.25) is 0 Å². The Hall–Kier alpha value is -1.49. The van der Waals surface area contributed by atoms with Gasteiger partial charge in [0.1, 0.15) is 5.82 Å². The molecule has 0 aromatic carbocycles. The summed E-state index contributed by atoms with van der Waals surface area (Å²) >= 11 is 0. The first-order valence-corrected chi connectivity index (χ1v) is 7.77. The lowest BCUT2D eigenvalue weighted by Gasteiger charge is -2.35. The zero-order chi connectivity index (χ0) is 15.5. The lowest BCUT2D eigenvalue weighted by atomic mass is 9.79. The predicted molar refractivity (Wildman–Crippen MR) is 85.5 cm³/mol. The zero-order valence-corrected chi connectivity index (χ0v) is 13.2. The molecule has 0 bridgehead atoms. The average molecular weight is 293 g/mol. The topological polar surface area (TPSA) is 80.4 Å². The van der Waals surface area contributed by atoms with Gasteiger partial charge in [-0.2, -0.15) is 4.98 Å². The van der Waals surface area contributed by atoms with Crippen LogP contribution in [0.25, 0.3) is 0 Å². The van der Waals surface area contributed by atoms with Crippen molar-refractivity contribution in [2.24, 2.45) is 5.92 Å². The number of rotatable bonds is 5. The fourth-order valence-electron chi connectivity index (χ4n) is 2.92. The van der Waals surface area contributed by atoms with Crippen LogP contribution in [0.3, 0.4) is 0 Å². The number of ether oxygens (including phenoxy) is 1. The Morgan fingerprint density at radius 2 is 2.29 bits per heavy atom. The summed E-state index contributed by atoms with van der Waals surface area (Å²) in [4.78, 5) is 4.38. The van der Waals surface area contributed by atoms with E-state index < -0.39 is 5.60 Å². The molecule has 0 spiro atoms. The van der Waals surface area contributed by atoms with Crippen LogP contribution in [0.4, 0.5) is 11.5 Å². The van der Waals surface area contributed by atoms with Gasteiger partial charge in [0, 0.05) is 6.54 Å². The Labute approximate surface area is 126 Å². The monoisotopic (exact) mass is 293 g/mol. The smallest absolute Gasteiger partial charge is 0.239 e. The highest BCUT2D eigenvalue weighted by Gasteiger charge is 2.32. The molecule has 5 heteroatoms. The van der Waals surface area contributed by atoms with Gasteiger partial charge in [-0.1, -0.05) is 19.8 Å². The van der Waals surface area contributed by atoms with Gasteiger partial charge in [-0.15, -0.1) is 0 Å². The minimum Gasteiger partial charge on any atom is -0.473 e. The Morgan fingerprint density at radius 3 is 2.95 bits per heavy atom. The molecule has 2 rings (SSSR count). The van der Waals surface area contributed by atoms with E-state index in [2.05, 4.69) is 17.2 Å². The van der Waals surface area contributed by atoms with Gasteiger partial charge in [0.05, 0.1) is 17.4 Å². The van der Waals surface area contributed by atoms with Crippen molar-refractivity contribution in [1.82, 2.24) is 4.98 Å². The van der Waals surface area contributed by atoms with Crippen LogP contribution in [-0.2, 0) is 0 Å². The fourth-order valence-corrected chi connectivity index (χ4v) is 2.92. The molecule has 1 heterocycles. The summed E-state index contributed by atoms with van der Waals surface area (Å²) in [6.45, 7) is 6.58. The van der Waals surface area contributed by atoms with Crippen molar-refractivity contribution in [3.8, 4) is 5.88 Å². The lowest BCUT2D eigenvalue weighted by molar-refractivity contribution is -0.000841. The first-order valence-electron chi connectivity index (χ1n) is 7.77. The second-order valence-corrected chi connectivity index (χ2v) is 6.54. The van der Waals surface area contributed by atoms with Crippen molar-refractivity contribution in [2.75, 3.05) is 17.6 Å². The van der Waals surface area contributed by atoms with Crippen molar-refractivity contribution >= 4 is 11.5 Å². The number of nitrogens with zero attached hydrogens (tertiary/aromatic N) is 1. The first kappa shape index (κ1) is 15.9. The highest BCUT2D eigenvalue weighted by molar-refractivity contribution is 5.53. The van der Waals surface area contributed by atoms with Crippen LogP contribution in [0.2, 0.25) is 0 Å². The van der Waals surface area contributed by atoms with Crippen molar-refractivity contribution in [2.45, 2.75) is 58.2 Å². The SMILES string of the molecule is CC1CCCC(O)(CNc2ccc(N)c(OC(C)C)n2)C1. The second-order valence-electron chi connectivity index (χ2n) is 6.54. The molecule has 1 aromatic heterocycles. The van der Waals surface area contributed by atoms with Gasteiger partial charge in [-0.05, 0) is 44.7 Å². The number of nitrogen functional groups attached to an aromatic ring is 1. The van der Waals surface area contributed by atoms with Crippen LogP contribution < -0.4 is 15.8 Å². The molecule has 1 aliphatic carbocycles.